The molecule has 0 spiro atoms. The Morgan fingerprint density at radius 3 is 2.58 bits per heavy atom. The first-order valence-electron chi connectivity index (χ1n) is 3.50. The number of amides is 1. The highest BCUT2D eigenvalue weighted by Gasteiger charge is 2.09. The zero-order valence-corrected chi connectivity index (χ0v) is 7.00. The third-order valence-corrected chi connectivity index (χ3v) is 1.76. The van der Waals surface area contributed by atoms with Crippen LogP contribution in [0.15, 0.2) is 17.1 Å². The molecule has 2 N–H and O–H groups in total. The highest BCUT2D eigenvalue weighted by molar-refractivity contribution is 5.92. The fraction of sp³-hybridized carbons (Fsp3) is 0.250. The van der Waals surface area contributed by atoms with Crippen LogP contribution in [0.4, 0.5) is 0 Å². The van der Waals surface area contributed by atoms with Gasteiger partial charge in [0.25, 0.3) is 5.91 Å². The van der Waals surface area contributed by atoms with Crippen LogP contribution in [0.3, 0.4) is 0 Å². The molecule has 4 nitrogen and oxygen atoms in total. The van der Waals surface area contributed by atoms with E-state index >= 15 is 0 Å². The van der Waals surface area contributed by atoms with Crippen LogP contribution in [-0.4, -0.2) is 10.5 Å². The maximum absolute atomic E-state index is 11.1. The van der Waals surface area contributed by atoms with Crippen LogP contribution in [0.25, 0.3) is 0 Å². The molecule has 0 saturated heterocycles. The lowest BCUT2D eigenvalue weighted by Gasteiger charge is -2.06. The predicted octanol–water partition coefficient (Wildman–Crippen LogP) is -0.207. The number of rotatable bonds is 1. The average molecular weight is 166 g/mol. The van der Waals surface area contributed by atoms with E-state index < -0.39 is 5.91 Å². The molecule has 0 unspecified atom stereocenters. The lowest BCUT2D eigenvalue weighted by Crippen LogP contribution is -2.23. The lowest BCUT2D eigenvalue weighted by atomic mass is 10.2. The minimum Gasteiger partial charge on any atom is -0.364 e. The molecular weight excluding hydrogens is 156 g/mol. The fourth-order valence-corrected chi connectivity index (χ4v) is 1.12. The van der Waals surface area contributed by atoms with Crippen LogP contribution in [0.5, 0.6) is 0 Å². The fourth-order valence-electron chi connectivity index (χ4n) is 1.12. The third kappa shape index (κ3) is 1.23. The normalized spacial score (nSPS) is 9.83. The number of aryl methyl sites for hydroxylation is 1. The Labute approximate surface area is 69.6 Å². The number of carbonyl (C=O) groups is 1. The van der Waals surface area contributed by atoms with Crippen molar-refractivity contribution >= 4 is 5.91 Å². The summed E-state index contributed by atoms with van der Waals surface area (Å²) >= 11 is 0. The van der Waals surface area contributed by atoms with Crippen LogP contribution in [0, 0.1) is 6.92 Å². The molecule has 0 aromatic carbocycles. The molecule has 1 amide bonds. The molecule has 1 aromatic heterocycles. The van der Waals surface area contributed by atoms with Crippen molar-refractivity contribution in [1.82, 2.24) is 4.57 Å². The van der Waals surface area contributed by atoms with Gasteiger partial charge in [0.2, 0.25) is 0 Å². The molecule has 64 valence electrons. The predicted molar refractivity (Wildman–Crippen MR) is 44.9 cm³/mol. The van der Waals surface area contributed by atoms with E-state index in [2.05, 4.69) is 0 Å². The van der Waals surface area contributed by atoms with E-state index in [1.165, 1.54) is 12.3 Å². The quantitative estimate of drug-likeness (QED) is 0.627. The van der Waals surface area contributed by atoms with Crippen molar-refractivity contribution in [3.05, 3.63) is 33.7 Å². The second-order valence-electron chi connectivity index (χ2n) is 2.63. The van der Waals surface area contributed by atoms with Gasteiger partial charge in [0.1, 0.15) is 5.69 Å². The maximum Gasteiger partial charge on any atom is 0.265 e. The number of hydrogen-bond acceptors (Lipinski definition) is 2. The van der Waals surface area contributed by atoms with E-state index in [1.807, 2.05) is 0 Å². The van der Waals surface area contributed by atoms with Crippen LogP contribution in [0.2, 0.25) is 0 Å². The summed E-state index contributed by atoms with van der Waals surface area (Å²) < 4.78 is 1.54. The number of aromatic nitrogens is 1. The van der Waals surface area contributed by atoms with E-state index in [-0.39, 0.29) is 11.1 Å². The molecule has 0 radical (unpaired) electrons. The molecule has 0 fully saturated rings. The Balaban J connectivity index is 3.54. The molecule has 12 heavy (non-hydrogen) atoms. The summed E-state index contributed by atoms with van der Waals surface area (Å²) in [6.45, 7) is 1.59. The summed E-state index contributed by atoms with van der Waals surface area (Å²) in [5.74, 6) is -0.576. The van der Waals surface area contributed by atoms with Crippen LogP contribution in [0.1, 0.15) is 16.1 Å². The van der Waals surface area contributed by atoms with Gasteiger partial charge in [-0.25, -0.2) is 0 Å². The molecule has 0 aliphatic rings. The summed E-state index contributed by atoms with van der Waals surface area (Å²) in [7, 11) is 1.67. The van der Waals surface area contributed by atoms with Gasteiger partial charge in [-0.2, -0.15) is 0 Å². The van der Waals surface area contributed by atoms with Gasteiger partial charge in [0, 0.05) is 24.9 Å². The Kier molecular flexibility index (Phi) is 1.99. The van der Waals surface area contributed by atoms with E-state index in [0.29, 0.717) is 5.56 Å². The van der Waals surface area contributed by atoms with Crippen molar-refractivity contribution < 1.29 is 4.79 Å². The van der Waals surface area contributed by atoms with Gasteiger partial charge in [0.15, 0.2) is 5.43 Å². The van der Waals surface area contributed by atoms with Crippen LogP contribution in [-0.2, 0) is 7.05 Å². The second kappa shape index (κ2) is 2.81. The SMILES string of the molecule is Cc1c(C(N)=O)n(C)ccc1=O. The largest absolute Gasteiger partial charge is 0.364 e. The molecule has 1 heterocycles. The van der Waals surface area contributed by atoms with Gasteiger partial charge in [-0.05, 0) is 6.92 Å². The molecule has 4 heteroatoms. The number of nitrogens with zero attached hydrogens (tertiary/aromatic N) is 1. The van der Waals surface area contributed by atoms with Crippen molar-refractivity contribution in [2.75, 3.05) is 0 Å². The molecule has 0 bridgehead atoms. The van der Waals surface area contributed by atoms with Gasteiger partial charge in [0.05, 0.1) is 0 Å². The highest BCUT2D eigenvalue weighted by Crippen LogP contribution is 1.99. The Morgan fingerprint density at radius 2 is 2.17 bits per heavy atom. The van der Waals surface area contributed by atoms with Crippen LogP contribution < -0.4 is 11.2 Å². The second-order valence-corrected chi connectivity index (χ2v) is 2.63. The summed E-state index contributed by atoms with van der Waals surface area (Å²) in [5, 5.41) is 0. The monoisotopic (exact) mass is 166 g/mol. The van der Waals surface area contributed by atoms with Crippen LogP contribution >= 0.6 is 0 Å². The van der Waals surface area contributed by atoms with Crippen molar-refractivity contribution in [3.63, 3.8) is 0 Å². The summed E-state index contributed by atoms with van der Waals surface area (Å²) in [6.07, 6.45) is 1.52. The first-order valence-corrected chi connectivity index (χ1v) is 3.50. The smallest absolute Gasteiger partial charge is 0.265 e. The number of carbonyl (C=O) groups excluding carboxylic acids is 1. The summed E-state index contributed by atoms with van der Waals surface area (Å²) in [4.78, 5) is 21.9. The number of pyridine rings is 1. The van der Waals surface area contributed by atoms with Gasteiger partial charge in [-0.3, -0.25) is 9.59 Å². The Hall–Kier alpha value is -1.58. The summed E-state index contributed by atoms with van der Waals surface area (Å²) in [6, 6.07) is 1.40. The van der Waals surface area contributed by atoms with Crippen molar-refractivity contribution in [2.24, 2.45) is 12.8 Å². The first kappa shape index (κ1) is 8.52. The van der Waals surface area contributed by atoms with E-state index in [4.69, 9.17) is 5.73 Å². The van der Waals surface area contributed by atoms with E-state index in [9.17, 15) is 9.59 Å². The minimum atomic E-state index is -0.576. The van der Waals surface area contributed by atoms with E-state index in [0.717, 1.165) is 0 Å². The zero-order chi connectivity index (χ0) is 9.30. The van der Waals surface area contributed by atoms with Crippen molar-refractivity contribution in [1.29, 1.82) is 0 Å². The number of hydrogen-bond donors (Lipinski definition) is 1. The lowest BCUT2D eigenvalue weighted by molar-refractivity contribution is 0.0991. The average Bonchev–Trinajstić information content (AvgIpc) is 1.97. The molecule has 0 aliphatic heterocycles. The molecule has 0 aliphatic carbocycles. The zero-order valence-electron chi connectivity index (χ0n) is 7.00. The summed E-state index contributed by atoms with van der Waals surface area (Å²) in [5.41, 5.74) is 5.58. The van der Waals surface area contributed by atoms with Crippen molar-refractivity contribution in [2.45, 2.75) is 6.92 Å². The third-order valence-electron chi connectivity index (χ3n) is 1.76. The van der Waals surface area contributed by atoms with Gasteiger partial charge >= 0.3 is 0 Å². The Bertz CT molecular complexity index is 379. The minimum absolute atomic E-state index is 0.165. The van der Waals surface area contributed by atoms with Gasteiger partial charge in [-0.15, -0.1) is 0 Å². The molecule has 0 atom stereocenters. The van der Waals surface area contributed by atoms with Gasteiger partial charge in [-0.1, -0.05) is 0 Å². The van der Waals surface area contributed by atoms with E-state index in [1.54, 1.807) is 18.5 Å². The first-order chi connectivity index (χ1) is 5.54. The maximum atomic E-state index is 11.1. The molecule has 1 rings (SSSR count). The highest BCUT2D eigenvalue weighted by atomic mass is 16.1. The number of primary amides is 1. The molecule has 1 aromatic rings. The molecule has 0 saturated carbocycles. The van der Waals surface area contributed by atoms with Gasteiger partial charge < -0.3 is 10.3 Å². The molecular formula is C8H10N2O2. The topological polar surface area (TPSA) is 65.1 Å². The standard InChI is InChI=1S/C8H10N2O2/c1-5-6(11)3-4-10(2)7(5)8(9)12/h3-4H,1-2H3,(H2,9,12). The number of nitrogens with two attached hydrogens (primary N) is 1. The Morgan fingerprint density at radius 1 is 1.58 bits per heavy atom. The van der Waals surface area contributed by atoms with Crippen molar-refractivity contribution in [3.8, 4) is 0 Å².